The van der Waals surface area contributed by atoms with Gasteiger partial charge < -0.3 is 10.2 Å². The molecule has 1 saturated heterocycles. The summed E-state index contributed by atoms with van der Waals surface area (Å²) in [5.41, 5.74) is 1.60. The van der Waals surface area contributed by atoms with Gasteiger partial charge in [-0.05, 0) is 32.0 Å². The Hall–Kier alpha value is -1.42. The Morgan fingerprint density at radius 2 is 2.44 bits per heavy atom. The van der Waals surface area contributed by atoms with Crippen LogP contribution in [-0.2, 0) is 0 Å². The number of aryl methyl sites for hydroxylation is 1. The molecule has 1 amide bonds. The molecule has 0 spiro atoms. The van der Waals surface area contributed by atoms with Crippen molar-refractivity contribution in [2.75, 3.05) is 20.1 Å². The van der Waals surface area contributed by atoms with Crippen molar-refractivity contribution in [3.05, 3.63) is 29.6 Å². The fourth-order valence-electron chi connectivity index (χ4n) is 2.02. The Kier molecular flexibility index (Phi) is 3.19. The molecule has 1 fully saturated rings. The molecule has 1 aliphatic rings. The fourth-order valence-corrected chi connectivity index (χ4v) is 2.02. The quantitative estimate of drug-likeness (QED) is 0.801. The van der Waals surface area contributed by atoms with Gasteiger partial charge in [-0.3, -0.25) is 9.78 Å². The van der Waals surface area contributed by atoms with Crippen molar-refractivity contribution in [1.82, 2.24) is 15.2 Å². The summed E-state index contributed by atoms with van der Waals surface area (Å²) in [5, 5.41) is 3.26. The van der Waals surface area contributed by atoms with Gasteiger partial charge in [-0.25, -0.2) is 0 Å². The molecule has 2 rings (SSSR count). The zero-order valence-electron chi connectivity index (χ0n) is 9.73. The topological polar surface area (TPSA) is 45.2 Å². The van der Waals surface area contributed by atoms with Gasteiger partial charge in [-0.2, -0.15) is 0 Å². The number of nitrogens with one attached hydrogen (secondary N) is 1. The van der Waals surface area contributed by atoms with E-state index < -0.39 is 0 Å². The minimum atomic E-state index is 0.0826. The molecule has 4 nitrogen and oxygen atoms in total. The highest BCUT2D eigenvalue weighted by atomic mass is 16.2. The van der Waals surface area contributed by atoms with Crippen LogP contribution in [0.15, 0.2) is 18.3 Å². The highest BCUT2D eigenvalue weighted by Crippen LogP contribution is 2.11. The number of amides is 1. The van der Waals surface area contributed by atoms with Crippen molar-refractivity contribution >= 4 is 5.91 Å². The zero-order valence-corrected chi connectivity index (χ0v) is 9.73. The molecule has 0 aliphatic carbocycles. The largest absolute Gasteiger partial charge is 0.337 e. The van der Waals surface area contributed by atoms with E-state index in [0.717, 1.165) is 30.8 Å². The van der Waals surface area contributed by atoms with E-state index in [4.69, 9.17) is 0 Å². The van der Waals surface area contributed by atoms with Crippen molar-refractivity contribution in [2.45, 2.75) is 19.4 Å². The highest BCUT2D eigenvalue weighted by molar-refractivity contribution is 5.94. The van der Waals surface area contributed by atoms with Crippen LogP contribution in [0.25, 0.3) is 0 Å². The molecule has 1 N–H and O–H groups in total. The van der Waals surface area contributed by atoms with Gasteiger partial charge in [0.1, 0.15) is 0 Å². The van der Waals surface area contributed by atoms with Crippen molar-refractivity contribution in [2.24, 2.45) is 0 Å². The lowest BCUT2D eigenvalue weighted by molar-refractivity contribution is 0.0743. The number of carbonyl (C=O) groups excluding carboxylic acids is 1. The standard InChI is InChI=1S/C12H17N3O/c1-9-7-10(3-6-14-9)12(16)15(2)11-4-5-13-8-11/h3,6-7,11,13H,4-5,8H2,1-2H3. The van der Waals surface area contributed by atoms with Crippen molar-refractivity contribution < 1.29 is 4.79 Å². The normalized spacial score (nSPS) is 19.8. The summed E-state index contributed by atoms with van der Waals surface area (Å²) in [5.74, 6) is 0.0826. The van der Waals surface area contributed by atoms with Crippen LogP contribution in [-0.4, -0.2) is 42.0 Å². The van der Waals surface area contributed by atoms with Gasteiger partial charge in [0.05, 0.1) is 0 Å². The molecule has 4 heteroatoms. The van der Waals surface area contributed by atoms with Crippen molar-refractivity contribution in [1.29, 1.82) is 0 Å². The van der Waals surface area contributed by atoms with Crippen LogP contribution >= 0.6 is 0 Å². The van der Waals surface area contributed by atoms with Gasteiger partial charge in [0.15, 0.2) is 0 Å². The molecule has 0 aromatic carbocycles. The minimum Gasteiger partial charge on any atom is -0.337 e. The van der Waals surface area contributed by atoms with Crippen LogP contribution in [0, 0.1) is 6.92 Å². The lowest BCUT2D eigenvalue weighted by Crippen LogP contribution is -2.38. The first-order valence-electron chi connectivity index (χ1n) is 5.59. The fraction of sp³-hybridized carbons (Fsp3) is 0.500. The van der Waals surface area contributed by atoms with Crippen LogP contribution in [0.4, 0.5) is 0 Å². The first-order chi connectivity index (χ1) is 7.68. The first-order valence-corrected chi connectivity index (χ1v) is 5.59. The van der Waals surface area contributed by atoms with Crippen molar-refractivity contribution in [3.63, 3.8) is 0 Å². The summed E-state index contributed by atoms with van der Waals surface area (Å²) < 4.78 is 0. The summed E-state index contributed by atoms with van der Waals surface area (Å²) in [4.78, 5) is 18.1. The summed E-state index contributed by atoms with van der Waals surface area (Å²) in [6, 6.07) is 3.93. The lowest BCUT2D eigenvalue weighted by Gasteiger charge is -2.23. The van der Waals surface area contributed by atoms with Gasteiger partial charge in [0, 0.05) is 37.1 Å². The maximum atomic E-state index is 12.2. The maximum absolute atomic E-state index is 12.2. The van der Waals surface area contributed by atoms with E-state index in [0.29, 0.717) is 6.04 Å². The third-order valence-electron chi connectivity index (χ3n) is 3.05. The average Bonchev–Trinajstić information content (AvgIpc) is 2.80. The molecule has 0 bridgehead atoms. The number of hydrogen-bond donors (Lipinski definition) is 1. The van der Waals surface area contributed by atoms with Crippen LogP contribution in [0.1, 0.15) is 22.5 Å². The van der Waals surface area contributed by atoms with Gasteiger partial charge >= 0.3 is 0 Å². The van der Waals surface area contributed by atoms with Crippen LogP contribution < -0.4 is 5.32 Å². The SMILES string of the molecule is Cc1cc(C(=O)N(C)C2CCNC2)ccn1. The minimum absolute atomic E-state index is 0.0826. The maximum Gasteiger partial charge on any atom is 0.254 e. The molecule has 16 heavy (non-hydrogen) atoms. The molecule has 86 valence electrons. The van der Waals surface area contributed by atoms with Gasteiger partial charge in [-0.15, -0.1) is 0 Å². The van der Waals surface area contributed by atoms with Gasteiger partial charge in [0.2, 0.25) is 0 Å². The predicted octanol–water partition coefficient (Wildman–Crippen LogP) is 0.824. The first kappa shape index (κ1) is 11.1. The predicted molar refractivity (Wildman–Crippen MR) is 62.3 cm³/mol. The molecule has 1 aromatic rings. The van der Waals surface area contributed by atoms with Gasteiger partial charge in [0.25, 0.3) is 5.91 Å². The van der Waals surface area contributed by atoms with E-state index in [1.165, 1.54) is 0 Å². The second kappa shape index (κ2) is 4.61. The van der Waals surface area contributed by atoms with E-state index in [1.54, 1.807) is 12.3 Å². The Bertz CT molecular complexity index is 386. The average molecular weight is 219 g/mol. The number of aromatic nitrogens is 1. The van der Waals surface area contributed by atoms with E-state index in [1.807, 2.05) is 24.9 Å². The summed E-state index contributed by atoms with van der Waals surface area (Å²) in [7, 11) is 1.87. The summed E-state index contributed by atoms with van der Waals surface area (Å²) in [6.07, 6.45) is 2.72. The Labute approximate surface area is 95.7 Å². The van der Waals surface area contributed by atoms with E-state index in [-0.39, 0.29) is 5.91 Å². The molecule has 0 radical (unpaired) electrons. The molecule has 1 aliphatic heterocycles. The molecular weight excluding hydrogens is 202 g/mol. The second-order valence-electron chi connectivity index (χ2n) is 4.25. The molecule has 0 saturated carbocycles. The second-order valence-corrected chi connectivity index (χ2v) is 4.25. The van der Waals surface area contributed by atoms with Gasteiger partial charge in [-0.1, -0.05) is 0 Å². The molecular formula is C12H17N3O. The molecule has 1 atom stereocenters. The molecule has 1 unspecified atom stereocenters. The number of pyridine rings is 1. The van der Waals surface area contributed by atoms with E-state index in [9.17, 15) is 4.79 Å². The summed E-state index contributed by atoms with van der Waals surface area (Å²) >= 11 is 0. The van der Waals surface area contributed by atoms with Crippen LogP contribution in [0.5, 0.6) is 0 Å². The van der Waals surface area contributed by atoms with Crippen LogP contribution in [0.3, 0.4) is 0 Å². The Morgan fingerprint density at radius 3 is 3.06 bits per heavy atom. The number of rotatable bonds is 2. The van der Waals surface area contributed by atoms with E-state index >= 15 is 0 Å². The molecule has 1 aromatic heterocycles. The number of nitrogens with zero attached hydrogens (tertiary/aromatic N) is 2. The highest BCUT2D eigenvalue weighted by Gasteiger charge is 2.23. The zero-order chi connectivity index (χ0) is 11.5. The van der Waals surface area contributed by atoms with Crippen LogP contribution in [0.2, 0.25) is 0 Å². The Morgan fingerprint density at radius 1 is 1.62 bits per heavy atom. The van der Waals surface area contributed by atoms with E-state index in [2.05, 4.69) is 10.3 Å². The smallest absolute Gasteiger partial charge is 0.254 e. The number of likely N-dealkylation sites (N-methyl/N-ethyl adjacent to an activating group) is 1. The third kappa shape index (κ3) is 2.22. The summed E-state index contributed by atoms with van der Waals surface area (Å²) in [6.45, 7) is 3.79. The lowest BCUT2D eigenvalue weighted by atomic mass is 10.1. The number of carbonyl (C=O) groups is 1. The monoisotopic (exact) mass is 219 g/mol. The Balaban J connectivity index is 2.12. The third-order valence-corrected chi connectivity index (χ3v) is 3.05. The molecule has 2 heterocycles. The van der Waals surface area contributed by atoms with Crippen molar-refractivity contribution in [3.8, 4) is 0 Å². The number of hydrogen-bond acceptors (Lipinski definition) is 3.